The van der Waals surface area contributed by atoms with E-state index in [0.29, 0.717) is 0 Å². The first-order chi connectivity index (χ1) is 31.2. The van der Waals surface area contributed by atoms with Crippen molar-refractivity contribution in [2.24, 2.45) is 0 Å². The van der Waals surface area contributed by atoms with Gasteiger partial charge in [0.15, 0.2) is 0 Å². The Morgan fingerprint density at radius 1 is 0.270 bits per heavy atom. The van der Waals surface area contributed by atoms with Gasteiger partial charge in [0.25, 0.3) is 0 Å². The predicted octanol–water partition coefficient (Wildman–Crippen LogP) is 17.8. The summed E-state index contributed by atoms with van der Waals surface area (Å²) in [7, 11) is 0. The Labute approximate surface area is 370 Å². The molecule has 296 valence electrons. The second kappa shape index (κ2) is 15.5. The molecule has 0 aliphatic carbocycles. The summed E-state index contributed by atoms with van der Waals surface area (Å²) in [6.07, 6.45) is 0. The number of hydrogen-bond acceptors (Lipinski definition) is 3. The van der Waals surface area contributed by atoms with Crippen LogP contribution in [0, 0.1) is 0 Å². The molecule has 10 aromatic carbocycles. The van der Waals surface area contributed by atoms with Gasteiger partial charge in [-0.25, -0.2) is 0 Å². The van der Waals surface area contributed by atoms with Gasteiger partial charge in [0, 0.05) is 59.1 Å². The van der Waals surface area contributed by atoms with Crippen LogP contribution in [0.2, 0.25) is 0 Å². The Hall–Kier alpha value is -7.98. The van der Waals surface area contributed by atoms with Crippen LogP contribution in [0.15, 0.2) is 241 Å². The largest absolute Gasteiger partial charge is 0.455 e. The van der Waals surface area contributed by atoms with E-state index in [-0.39, 0.29) is 0 Å². The summed E-state index contributed by atoms with van der Waals surface area (Å²) in [6, 6.07) is 85.2. The molecule has 2 nitrogen and oxygen atoms in total. The van der Waals surface area contributed by atoms with Gasteiger partial charge < -0.3 is 9.32 Å². The van der Waals surface area contributed by atoms with Crippen LogP contribution in [0.3, 0.4) is 0 Å². The van der Waals surface area contributed by atoms with E-state index in [0.717, 1.165) is 72.4 Å². The molecule has 3 heteroatoms. The second-order valence-electron chi connectivity index (χ2n) is 16.1. The fourth-order valence-corrected chi connectivity index (χ4v) is 10.2. The van der Waals surface area contributed by atoms with E-state index in [9.17, 15) is 0 Å². The van der Waals surface area contributed by atoms with Crippen LogP contribution in [0.4, 0.5) is 17.1 Å². The van der Waals surface area contributed by atoms with Gasteiger partial charge in [-0.15, -0.1) is 11.3 Å². The Kier molecular flexibility index (Phi) is 9.06. The minimum absolute atomic E-state index is 0.900. The van der Waals surface area contributed by atoms with Gasteiger partial charge in [-0.2, -0.15) is 0 Å². The van der Waals surface area contributed by atoms with E-state index in [1.165, 1.54) is 42.4 Å². The Morgan fingerprint density at radius 3 is 1.32 bits per heavy atom. The number of hydrogen-bond donors (Lipinski definition) is 0. The maximum atomic E-state index is 7.01. The highest BCUT2D eigenvalue weighted by Gasteiger charge is 2.20. The average Bonchev–Trinajstić information content (AvgIpc) is 3.94. The van der Waals surface area contributed by atoms with E-state index < -0.39 is 0 Å². The molecular formula is C60H39NOS. The minimum Gasteiger partial charge on any atom is -0.455 e. The van der Waals surface area contributed by atoms with Gasteiger partial charge >= 0.3 is 0 Å². The molecule has 12 rings (SSSR count). The zero-order valence-electron chi connectivity index (χ0n) is 34.3. The van der Waals surface area contributed by atoms with Gasteiger partial charge in [-0.1, -0.05) is 170 Å². The van der Waals surface area contributed by atoms with Gasteiger partial charge in [0.1, 0.15) is 11.2 Å². The molecule has 0 saturated carbocycles. The van der Waals surface area contributed by atoms with Gasteiger partial charge in [0.05, 0.1) is 0 Å². The standard InChI is InChI=1S/C60H39NOS/c1-4-13-40(14-5-1)42-23-30-48(31-24-42)61(49-32-25-43(26-33-49)41-15-6-2-7-16-41)50-34-27-44(28-35-50)47-38-54(46-29-36-58-55(37-46)52-19-10-11-22-57(52)63-58)60-56(39-47)53-21-12-20-51(59(53)62-60)45-17-8-3-9-18-45/h1-39H. The Morgan fingerprint density at radius 2 is 0.714 bits per heavy atom. The van der Waals surface area contributed by atoms with Crippen LogP contribution >= 0.6 is 11.3 Å². The fraction of sp³-hybridized carbons (Fsp3) is 0. The first kappa shape index (κ1) is 36.8. The highest BCUT2D eigenvalue weighted by Crippen LogP contribution is 2.45. The van der Waals surface area contributed by atoms with Gasteiger partial charge in [0.2, 0.25) is 0 Å². The number of benzene rings is 10. The lowest BCUT2D eigenvalue weighted by Gasteiger charge is -2.26. The Bertz CT molecular complexity index is 3490. The molecule has 0 radical (unpaired) electrons. The molecule has 2 heterocycles. The molecular weight excluding hydrogens is 783 g/mol. The predicted molar refractivity (Wildman–Crippen MR) is 268 cm³/mol. The lowest BCUT2D eigenvalue weighted by atomic mass is 9.94. The number of nitrogens with zero attached hydrogens (tertiary/aromatic N) is 1. The topological polar surface area (TPSA) is 16.4 Å². The van der Waals surface area contributed by atoms with E-state index in [4.69, 9.17) is 4.42 Å². The first-order valence-corrected chi connectivity index (χ1v) is 22.2. The van der Waals surface area contributed by atoms with Crippen LogP contribution in [0.1, 0.15) is 0 Å². The number of fused-ring (bicyclic) bond motifs is 6. The lowest BCUT2D eigenvalue weighted by Crippen LogP contribution is -2.09. The van der Waals surface area contributed by atoms with Crippen LogP contribution in [-0.4, -0.2) is 0 Å². The molecule has 0 saturated heterocycles. The summed E-state index contributed by atoms with van der Waals surface area (Å²) in [5, 5.41) is 4.77. The van der Waals surface area contributed by atoms with Crippen molar-refractivity contribution < 1.29 is 4.42 Å². The molecule has 0 fully saturated rings. The summed E-state index contributed by atoms with van der Waals surface area (Å²) in [5.41, 5.74) is 16.6. The summed E-state index contributed by atoms with van der Waals surface area (Å²) in [5.74, 6) is 0. The number of furan rings is 1. The van der Waals surface area contributed by atoms with Gasteiger partial charge in [-0.3, -0.25) is 0 Å². The molecule has 0 amide bonds. The van der Waals surface area contributed by atoms with Crippen LogP contribution in [0.25, 0.3) is 97.7 Å². The van der Waals surface area contributed by atoms with Crippen molar-refractivity contribution in [2.75, 3.05) is 4.90 Å². The molecule has 0 aliphatic heterocycles. The van der Waals surface area contributed by atoms with Crippen molar-refractivity contribution >= 4 is 70.5 Å². The SMILES string of the molecule is c1ccc(-c2ccc(N(c3ccc(-c4ccccc4)cc3)c3ccc(-c4cc(-c5ccc6sc7ccccc7c6c5)c5oc6c(-c7ccccc7)cccc6c5c4)cc3)cc2)cc1. The molecule has 63 heavy (non-hydrogen) atoms. The molecule has 0 unspecified atom stereocenters. The van der Waals surface area contributed by atoms with Crippen LogP contribution in [0.5, 0.6) is 0 Å². The van der Waals surface area contributed by atoms with Crippen molar-refractivity contribution in [2.45, 2.75) is 0 Å². The summed E-state index contributed by atoms with van der Waals surface area (Å²) in [6.45, 7) is 0. The van der Waals surface area contributed by atoms with E-state index in [1.54, 1.807) is 0 Å². The maximum Gasteiger partial charge on any atom is 0.143 e. The molecule has 0 bridgehead atoms. The average molecular weight is 822 g/mol. The van der Waals surface area contributed by atoms with Crippen molar-refractivity contribution in [3.05, 3.63) is 237 Å². The zero-order valence-corrected chi connectivity index (χ0v) is 35.1. The van der Waals surface area contributed by atoms with Gasteiger partial charge in [-0.05, 0) is 111 Å². The molecule has 0 aliphatic rings. The summed E-state index contributed by atoms with van der Waals surface area (Å²) >= 11 is 1.84. The highest BCUT2D eigenvalue weighted by molar-refractivity contribution is 7.25. The molecule has 0 N–H and O–H groups in total. The number of rotatable bonds is 8. The monoisotopic (exact) mass is 821 g/mol. The third kappa shape index (κ3) is 6.67. The quantitative estimate of drug-likeness (QED) is 0.152. The molecule has 12 aromatic rings. The van der Waals surface area contributed by atoms with E-state index in [1.807, 2.05) is 11.3 Å². The third-order valence-electron chi connectivity index (χ3n) is 12.3. The smallest absolute Gasteiger partial charge is 0.143 e. The number of thiophene rings is 1. The van der Waals surface area contributed by atoms with Crippen LogP contribution in [-0.2, 0) is 0 Å². The number of anilines is 3. The summed E-state index contributed by atoms with van der Waals surface area (Å²) in [4.78, 5) is 2.34. The van der Waals surface area contributed by atoms with Crippen molar-refractivity contribution in [1.29, 1.82) is 0 Å². The van der Waals surface area contributed by atoms with Crippen molar-refractivity contribution in [1.82, 2.24) is 0 Å². The third-order valence-corrected chi connectivity index (χ3v) is 13.4. The lowest BCUT2D eigenvalue weighted by molar-refractivity contribution is 0.671. The zero-order chi connectivity index (χ0) is 41.7. The van der Waals surface area contributed by atoms with Crippen molar-refractivity contribution in [3.63, 3.8) is 0 Å². The molecule has 0 atom stereocenters. The first-order valence-electron chi connectivity index (χ1n) is 21.4. The number of para-hydroxylation sites is 1. The van der Waals surface area contributed by atoms with E-state index in [2.05, 4.69) is 241 Å². The molecule has 0 spiro atoms. The highest BCUT2D eigenvalue weighted by atomic mass is 32.1. The van der Waals surface area contributed by atoms with Crippen molar-refractivity contribution in [3.8, 4) is 55.6 Å². The fourth-order valence-electron chi connectivity index (χ4n) is 9.14. The Balaban J connectivity index is 0.996. The second-order valence-corrected chi connectivity index (χ2v) is 17.2. The van der Waals surface area contributed by atoms with Crippen LogP contribution < -0.4 is 4.90 Å². The summed E-state index contributed by atoms with van der Waals surface area (Å²) < 4.78 is 9.60. The maximum absolute atomic E-state index is 7.01. The normalized spacial score (nSPS) is 11.5. The van der Waals surface area contributed by atoms with E-state index >= 15 is 0 Å². The minimum atomic E-state index is 0.900. The molecule has 2 aromatic heterocycles.